The van der Waals surface area contributed by atoms with Crippen LogP contribution >= 0.6 is 12.2 Å². The van der Waals surface area contributed by atoms with E-state index in [1.54, 1.807) is 24.4 Å². The Kier molecular flexibility index (Phi) is 2.84. The van der Waals surface area contributed by atoms with Crippen molar-refractivity contribution in [3.63, 3.8) is 0 Å². The molecule has 0 spiro atoms. The minimum atomic E-state index is -1.14. The van der Waals surface area contributed by atoms with Gasteiger partial charge in [0.1, 0.15) is 16.7 Å². The van der Waals surface area contributed by atoms with E-state index in [2.05, 4.69) is 0 Å². The Labute approximate surface area is 102 Å². The zero-order valence-corrected chi connectivity index (χ0v) is 9.50. The van der Waals surface area contributed by atoms with E-state index in [1.165, 1.54) is 4.57 Å². The number of aliphatic carboxylic acids is 1. The standard InChI is InChI=1S/C10H10N2O4S/c13-9(14)6-5-12(10(15)16)8(6)11-4-2-1-3-7(11)17/h1-4,6,8H,5H2,(H,13,14)(H,15,16). The summed E-state index contributed by atoms with van der Waals surface area (Å²) in [5.74, 6) is -1.77. The molecule has 2 N–H and O–H groups in total. The zero-order valence-electron chi connectivity index (χ0n) is 8.68. The Balaban J connectivity index is 2.39. The number of pyridine rings is 1. The highest BCUT2D eigenvalue weighted by Gasteiger charge is 2.47. The molecule has 2 atom stereocenters. The highest BCUT2D eigenvalue weighted by molar-refractivity contribution is 7.71. The van der Waals surface area contributed by atoms with Crippen molar-refractivity contribution in [1.29, 1.82) is 0 Å². The Morgan fingerprint density at radius 2 is 2.06 bits per heavy atom. The van der Waals surface area contributed by atoms with Gasteiger partial charge in [0.2, 0.25) is 0 Å². The molecule has 6 nitrogen and oxygen atoms in total. The van der Waals surface area contributed by atoms with Crippen LogP contribution in [0.4, 0.5) is 4.79 Å². The summed E-state index contributed by atoms with van der Waals surface area (Å²) < 4.78 is 1.90. The van der Waals surface area contributed by atoms with Crippen LogP contribution in [0, 0.1) is 10.6 Å². The van der Waals surface area contributed by atoms with Gasteiger partial charge in [-0.15, -0.1) is 0 Å². The summed E-state index contributed by atoms with van der Waals surface area (Å²) in [5, 5.41) is 17.9. The summed E-state index contributed by atoms with van der Waals surface area (Å²) in [4.78, 5) is 23.0. The molecule has 7 heteroatoms. The van der Waals surface area contributed by atoms with Gasteiger partial charge in [-0.1, -0.05) is 18.3 Å². The fourth-order valence-electron chi connectivity index (χ4n) is 1.89. The number of aromatic nitrogens is 1. The van der Waals surface area contributed by atoms with Gasteiger partial charge < -0.3 is 14.8 Å². The average molecular weight is 254 g/mol. The lowest BCUT2D eigenvalue weighted by molar-refractivity contribution is -0.154. The molecule has 90 valence electrons. The molecule has 0 bridgehead atoms. The van der Waals surface area contributed by atoms with E-state index in [0.717, 1.165) is 4.90 Å². The summed E-state index contributed by atoms with van der Waals surface area (Å²) >= 11 is 5.06. The molecule has 1 aromatic rings. The number of amides is 1. The van der Waals surface area contributed by atoms with Gasteiger partial charge >= 0.3 is 12.1 Å². The van der Waals surface area contributed by atoms with E-state index in [1.807, 2.05) is 0 Å². The average Bonchev–Trinajstić information content (AvgIpc) is 2.18. The molecule has 0 aromatic carbocycles. The molecule has 2 unspecified atom stereocenters. The molecule has 1 aliphatic heterocycles. The van der Waals surface area contributed by atoms with Gasteiger partial charge in [-0.2, -0.15) is 0 Å². The largest absolute Gasteiger partial charge is 0.481 e. The Morgan fingerprint density at radius 1 is 1.35 bits per heavy atom. The third-order valence-electron chi connectivity index (χ3n) is 2.77. The first-order chi connectivity index (χ1) is 8.02. The van der Waals surface area contributed by atoms with Gasteiger partial charge in [0.15, 0.2) is 0 Å². The number of likely N-dealkylation sites (tertiary alicyclic amines) is 1. The van der Waals surface area contributed by atoms with Gasteiger partial charge in [0, 0.05) is 12.7 Å². The number of hydrogen-bond donors (Lipinski definition) is 2. The fraction of sp³-hybridized carbons (Fsp3) is 0.300. The molecule has 0 aliphatic carbocycles. The van der Waals surface area contributed by atoms with E-state index in [9.17, 15) is 9.59 Å². The van der Waals surface area contributed by atoms with Crippen LogP contribution in [0.1, 0.15) is 6.17 Å². The van der Waals surface area contributed by atoms with Crippen molar-refractivity contribution < 1.29 is 19.8 Å². The number of carboxylic acid groups (broad SMARTS) is 2. The maximum Gasteiger partial charge on any atom is 0.409 e. The lowest BCUT2D eigenvalue weighted by atomic mass is 9.95. The van der Waals surface area contributed by atoms with E-state index in [-0.39, 0.29) is 6.54 Å². The topological polar surface area (TPSA) is 82.8 Å². The van der Waals surface area contributed by atoms with Crippen LogP contribution in [0.15, 0.2) is 24.4 Å². The van der Waals surface area contributed by atoms with Crippen molar-refractivity contribution in [3.8, 4) is 0 Å². The Bertz CT molecular complexity index is 507. The lowest BCUT2D eigenvalue weighted by Crippen LogP contribution is -2.57. The van der Waals surface area contributed by atoms with E-state index >= 15 is 0 Å². The van der Waals surface area contributed by atoms with Crippen LogP contribution in [0.25, 0.3) is 0 Å². The van der Waals surface area contributed by atoms with Crippen molar-refractivity contribution >= 4 is 24.3 Å². The SMILES string of the molecule is O=C(O)C1CN(C(=O)O)C1n1ccccc1=S. The molecule has 2 heterocycles. The second kappa shape index (κ2) is 4.17. The molecular formula is C10H10N2O4S. The lowest BCUT2D eigenvalue weighted by Gasteiger charge is -2.44. The van der Waals surface area contributed by atoms with Crippen molar-refractivity contribution in [2.75, 3.05) is 6.54 Å². The second-order valence-corrected chi connectivity index (χ2v) is 4.16. The fourth-order valence-corrected chi connectivity index (χ4v) is 2.14. The molecule has 1 aromatic heterocycles. The van der Waals surface area contributed by atoms with Crippen molar-refractivity contribution in [3.05, 3.63) is 29.0 Å². The predicted octanol–water partition coefficient (Wildman–Crippen LogP) is 1.41. The first-order valence-corrected chi connectivity index (χ1v) is 5.32. The molecule has 0 saturated carbocycles. The summed E-state index contributed by atoms with van der Waals surface area (Å²) in [7, 11) is 0. The smallest absolute Gasteiger partial charge is 0.409 e. The summed E-state index contributed by atoms with van der Waals surface area (Å²) in [6.45, 7) is -0.00794. The van der Waals surface area contributed by atoms with E-state index in [4.69, 9.17) is 22.4 Å². The van der Waals surface area contributed by atoms with Crippen LogP contribution in [0.2, 0.25) is 0 Å². The minimum absolute atomic E-state index is 0.00794. The number of rotatable bonds is 2. The molecular weight excluding hydrogens is 244 g/mol. The van der Waals surface area contributed by atoms with Crippen LogP contribution in [0.3, 0.4) is 0 Å². The maximum absolute atomic E-state index is 11.0. The summed E-state index contributed by atoms with van der Waals surface area (Å²) in [6, 6.07) is 5.04. The molecule has 0 radical (unpaired) electrons. The minimum Gasteiger partial charge on any atom is -0.481 e. The predicted molar refractivity (Wildman–Crippen MR) is 60.2 cm³/mol. The zero-order chi connectivity index (χ0) is 12.6. The number of carboxylic acids is 1. The quantitative estimate of drug-likeness (QED) is 0.780. The normalized spacial score (nSPS) is 22.9. The third-order valence-corrected chi connectivity index (χ3v) is 3.12. The molecule has 17 heavy (non-hydrogen) atoms. The Hall–Kier alpha value is -1.89. The third kappa shape index (κ3) is 1.89. The summed E-state index contributed by atoms with van der Waals surface area (Å²) in [5.41, 5.74) is 0. The highest BCUT2D eigenvalue weighted by atomic mass is 32.1. The molecule has 1 aliphatic rings. The van der Waals surface area contributed by atoms with E-state index < -0.39 is 24.1 Å². The van der Waals surface area contributed by atoms with Gasteiger partial charge in [-0.25, -0.2) is 4.79 Å². The maximum atomic E-state index is 11.0. The van der Waals surface area contributed by atoms with Gasteiger partial charge in [0.05, 0.1) is 0 Å². The van der Waals surface area contributed by atoms with E-state index in [0.29, 0.717) is 4.64 Å². The molecule has 2 rings (SSSR count). The van der Waals surface area contributed by atoms with Crippen LogP contribution in [-0.2, 0) is 4.79 Å². The monoisotopic (exact) mass is 254 g/mol. The van der Waals surface area contributed by atoms with Crippen LogP contribution < -0.4 is 0 Å². The first kappa shape index (κ1) is 11.6. The van der Waals surface area contributed by atoms with Crippen LogP contribution in [-0.4, -0.2) is 38.3 Å². The van der Waals surface area contributed by atoms with Gasteiger partial charge in [0.25, 0.3) is 0 Å². The molecule has 1 fully saturated rings. The number of hydrogen-bond acceptors (Lipinski definition) is 3. The highest BCUT2D eigenvalue weighted by Crippen LogP contribution is 2.34. The number of carbonyl (C=O) groups is 2. The number of nitrogens with zero attached hydrogens (tertiary/aromatic N) is 2. The van der Waals surface area contributed by atoms with Gasteiger partial charge in [-0.3, -0.25) is 9.69 Å². The van der Waals surface area contributed by atoms with Gasteiger partial charge in [-0.05, 0) is 12.1 Å². The first-order valence-electron chi connectivity index (χ1n) is 4.92. The second-order valence-electron chi connectivity index (χ2n) is 3.74. The van der Waals surface area contributed by atoms with Crippen molar-refractivity contribution in [2.24, 2.45) is 5.92 Å². The summed E-state index contributed by atoms with van der Waals surface area (Å²) in [6.07, 6.45) is -0.296. The van der Waals surface area contributed by atoms with Crippen molar-refractivity contribution in [2.45, 2.75) is 6.17 Å². The van der Waals surface area contributed by atoms with Crippen molar-refractivity contribution in [1.82, 2.24) is 9.47 Å². The Morgan fingerprint density at radius 3 is 2.59 bits per heavy atom. The molecule has 1 saturated heterocycles. The van der Waals surface area contributed by atoms with Crippen LogP contribution in [0.5, 0.6) is 0 Å². The molecule has 1 amide bonds.